The summed E-state index contributed by atoms with van der Waals surface area (Å²) in [7, 11) is 1.59. The molecule has 1 heterocycles. The molecule has 1 aromatic carbocycles. The number of hydrogen-bond acceptors (Lipinski definition) is 4. The molecule has 0 saturated heterocycles. The fourth-order valence-electron chi connectivity index (χ4n) is 1.90. The zero-order valence-corrected chi connectivity index (χ0v) is 12.5. The van der Waals surface area contributed by atoms with Crippen LogP contribution >= 0.6 is 0 Å². The summed E-state index contributed by atoms with van der Waals surface area (Å²) in [4.78, 5) is 23.6. The number of carbonyl (C=O) groups excluding carboxylic acids is 2. The molecule has 0 saturated carbocycles. The molecule has 1 atom stereocenters. The van der Waals surface area contributed by atoms with Crippen molar-refractivity contribution in [2.75, 3.05) is 7.11 Å². The Morgan fingerprint density at radius 1 is 1.18 bits per heavy atom. The van der Waals surface area contributed by atoms with Crippen LogP contribution < -0.4 is 15.4 Å². The predicted octanol–water partition coefficient (Wildman–Crippen LogP) is 1.78. The van der Waals surface area contributed by atoms with Crippen molar-refractivity contribution in [3.63, 3.8) is 0 Å². The van der Waals surface area contributed by atoms with E-state index in [-0.39, 0.29) is 12.6 Å². The monoisotopic (exact) mass is 302 g/mol. The van der Waals surface area contributed by atoms with Crippen molar-refractivity contribution in [1.82, 2.24) is 10.6 Å². The lowest BCUT2D eigenvalue weighted by Gasteiger charge is -2.14. The largest absolute Gasteiger partial charge is 0.497 e. The number of rotatable bonds is 5. The van der Waals surface area contributed by atoms with E-state index >= 15 is 0 Å². The van der Waals surface area contributed by atoms with E-state index in [1.165, 1.54) is 6.26 Å². The van der Waals surface area contributed by atoms with Gasteiger partial charge in [0.05, 0.1) is 26.0 Å². The predicted molar refractivity (Wildman–Crippen MR) is 80.1 cm³/mol. The average Bonchev–Trinajstić information content (AvgIpc) is 3.06. The van der Waals surface area contributed by atoms with Crippen molar-refractivity contribution in [2.45, 2.75) is 19.5 Å². The van der Waals surface area contributed by atoms with Gasteiger partial charge in [-0.15, -0.1) is 0 Å². The summed E-state index contributed by atoms with van der Waals surface area (Å²) in [5.41, 5.74) is 0.882. The van der Waals surface area contributed by atoms with E-state index in [1.54, 1.807) is 38.3 Å². The van der Waals surface area contributed by atoms with Gasteiger partial charge in [0.25, 0.3) is 0 Å². The quantitative estimate of drug-likeness (QED) is 0.825. The van der Waals surface area contributed by atoms with Gasteiger partial charge in [-0.05, 0) is 36.8 Å². The van der Waals surface area contributed by atoms with Crippen LogP contribution in [-0.4, -0.2) is 18.9 Å². The first-order chi connectivity index (χ1) is 10.6. The Hall–Kier alpha value is -2.76. The molecule has 6 heteroatoms. The number of amides is 2. The molecule has 0 aliphatic carbocycles. The zero-order valence-electron chi connectivity index (χ0n) is 12.5. The number of nitrogens with one attached hydrogen (secondary N) is 2. The Morgan fingerprint density at radius 2 is 1.91 bits per heavy atom. The van der Waals surface area contributed by atoms with Crippen LogP contribution in [-0.2, 0) is 16.1 Å². The minimum atomic E-state index is -0.697. The van der Waals surface area contributed by atoms with Crippen molar-refractivity contribution >= 4 is 11.8 Å². The SMILES string of the molecule is COc1ccc([C@@H](C)NC(=O)C(=O)NCc2ccco2)cc1. The van der Waals surface area contributed by atoms with Crippen molar-refractivity contribution in [2.24, 2.45) is 0 Å². The summed E-state index contributed by atoms with van der Waals surface area (Å²) in [5, 5.41) is 5.14. The van der Waals surface area contributed by atoms with E-state index in [4.69, 9.17) is 9.15 Å². The first-order valence-corrected chi connectivity index (χ1v) is 6.85. The Morgan fingerprint density at radius 3 is 2.50 bits per heavy atom. The lowest BCUT2D eigenvalue weighted by molar-refractivity contribution is -0.139. The van der Waals surface area contributed by atoms with Gasteiger partial charge in [-0.2, -0.15) is 0 Å². The fraction of sp³-hybridized carbons (Fsp3) is 0.250. The molecule has 0 aliphatic rings. The molecule has 0 aliphatic heterocycles. The van der Waals surface area contributed by atoms with Crippen molar-refractivity contribution in [3.05, 3.63) is 54.0 Å². The number of furan rings is 1. The van der Waals surface area contributed by atoms with Crippen LogP contribution in [0.4, 0.5) is 0 Å². The second kappa shape index (κ2) is 7.31. The molecule has 0 bridgehead atoms. The summed E-state index contributed by atoms with van der Waals surface area (Å²) >= 11 is 0. The third-order valence-corrected chi connectivity index (χ3v) is 3.17. The smallest absolute Gasteiger partial charge is 0.309 e. The van der Waals surface area contributed by atoms with Gasteiger partial charge in [0.15, 0.2) is 0 Å². The van der Waals surface area contributed by atoms with Crippen LogP contribution in [0.5, 0.6) is 5.75 Å². The molecule has 116 valence electrons. The molecule has 0 unspecified atom stereocenters. The highest BCUT2D eigenvalue weighted by Gasteiger charge is 2.17. The first kappa shape index (κ1) is 15.6. The van der Waals surface area contributed by atoms with Gasteiger partial charge in [-0.1, -0.05) is 12.1 Å². The van der Waals surface area contributed by atoms with E-state index < -0.39 is 11.8 Å². The van der Waals surface area contributed by atoms with Gasteiger partial charge in [-0.3, -0.25) is 9.59 Å². The van der Waals surface area contributed by atoms with Crippen LogP contribution in [0.25, 0.3) is 0 Å². The third kappa shape index (κ3) is 4.12. The maximum atomic E-state index is 11.8. The van der Waals surface area contributed by atoms with Crippen LogP contribution in [0.3, 0.4) is 0 Å². The molecule has 1 aromatic heterocycles. The second-order valence-corrected chi connectivity index (χ2v) is 4.73. The van der Waals surface area contributed by atoms with Gasteiger partial charge in [0.1, 0.15) is 11.5 Å². The molecule has 2 amide bonds. The van der Waals surface area contributed by atoms with Crippen molar-refractivity contribution < 1.29 is 18.7 Å². The molecular weight excluding hydrogens is 284 g/mol. The van der Waals surface area contributed by atoms with Gasteiger partial charge in [-0.25, -0.2) is 0 Å². The number of benzene rings is 1. The van der Waals surface area contributed by atoms with Gasteiger partial charge in [0, 0.05) is 0 Å². The summed E-state index contributed by atoms with van der Waals surface area (Å²) in [6.07, 6.45) is 1.51. The van der Waals surface area contributed by atoms with Gasteiger partial charge >= 0.3 is 11.8 Å². The second-order valence-electron chi connectivity index (χ2n) is 4.73. The summed E-state index contributed by atoms with van der Waals surface area (Å²) in [6, 6.07) is 10.4. The number of hydrogen-bond donors (Lipinski definition) is 2. The molecular formula is C16H18N2O4. The minimum absolute atomic E-state index is 0.177. The fourth-order valence-corrected chi connectivity index (χ4v) is 1.90. The normalized spacial score (nSPS) is 11.5. The Kier molecular flexibility index (Phi) is 5.19. The minimum Gasteiger partial charge on any atom is -0.497 e. The summed E-state index contributed by atoms with van der Waals surface area (Å²) < 4.78 is 10.2. The highest BCUT2D eigenvalue weighted by molar-refractivity contribution is 6.35. The highest BCUT2D eigenvalue weighted by Crippen LogP contribution is 2.17. The maximum Gasteiger partial charge on any atom is 0.309 e. The molecule has 2 rings (SSSR count). The van der Waals surface area contributed by atoms with Gasteiger partial charge < -0.3 is 19.8 Å². The lowest BCUT2D eigenvalue weighted by atomic mass is 10.1. The van der Waals surface area contributed by atoms with E-state index in [1.807, 2.05) is 12.1 Å². The molecule has 22 heavy (non-hydrogen) atoms. The standard InChI is InChI=1S/C16H18N2O4/c1-11(12-5-7-13(21-2)8-6-12)18-16(20)15(19)17-10-14-4-3-9-22-14/h3-9,11H,10H2,1-2H3,(H,17,19)(H,18,20)/t11-/m1/s1. The Bertz CT molecular complexity index is 620. The topological polar surface area (TPSA) is 80.6 Å². The molecule has 2 aromatic rings. The number of carbonyl (C=O) groups is 2. The molecule has 6 nitrogen and oxygen atoms in total. The summed E-state index contributed by atoms with van der Waals surface area (Å²) in [6.45, 7) is 1.98. The van der Waals surface area contributed by atoms with Crippen molar-refractivity contribution in [3.8, 4) is 5.75 Å². The molecule has 2 N–H and O–H groups in total. The first-order valence-electron chi connectivity index (χ1n) is 6.85. The summed E-state index contributed by atoms with van der Waals surface area (Å²) in [5.74, 6) is -0.0607. The maximum absolute atomic E-state index is 11.8. The molecule has 0 radical (unpaired) electrons. The van der Waals surface area contributed by atoms with Crippen LogP contribution in [0.1, 0.15) is 24.3 Å². The Labute approximate surface area is 128 Å². The van der Waals surface area contributed by atoms with Crippen molar-refractivity contribution in [1.29, 1.82) is 0 Å². The average molecular weight is 302 g/mol. The number of methoxy groups -OCH3 is 1. The van der Waals surface area contributed by atoms with E-state index in [0.717, 1.165) is 11.3 Å². The van der Waals surface area contributed by atoms with E-state index in [9.17, 15) is 9.59 Å². The molecule has 0 spiro atoms. The van der Waals surface area contributed by atoms with Gasteiger partial charge in [0.2, 0.25) is 0 Å². The third-order valence-electron chi connectivity index (χ3n) is 3.17. The Balaban J connectivity index is 1.85. The van der Waals surface area contributed by atoms with Crippen LogP contribution in [0.15, 0.2) is 47.1 Å². The van der Waals surface area contributed by atoms with Crippen LogP contribution in [0.2, 0.25) is 0 Å². The molecule has 0 fully saturated rings. The highest BCUT2D eigenvalue weighted by atomic mass is 16.5. The van der Waals surface area contributed by atoms with E-state index in [0.29, 0.717) is 5.76 Å². The lowest BCUT2D eigenvalue weighted by Crippen LogP contribution is -2.40. The zero-order chi connectivity index (χ0) is 15.9. The van der Waals surface area contributed by atoms with E-state index in [2.05, 4.69) is 10.6 Å². The number of ether oxygens (including phenoxy) is 1. The van der Waals surface area contributed by atoms with Crippen LogP contribution in [0, 0.1) is 0 Å².